The lowest BCUT2D eigenvalue weighted by atomic mass is 9.99. The molecule has 1 aromatic heterocycles. The Morgan fingerprint density at radius 1 is 1.07 bits per heavy atom. The molecule has 0 bridgehead atoms. The van der Waals surface area contributed by atoms with Crippen LogP contribution in [0.25, 0.3) is 0 Å². The second kappa shape index (κ2) is 8.32. The molecule has 9 atom stereocenters. The summed E-state index contributed by atoms with van der Waals surface area (Å²) in [6, 6.07) is 0. The van der Waals surface area contributed by atoms with Gasteiger partial charge >= 0.3 is 0 Å². The van der Waals surface area contributed by atoms with Crippen LogP contribution in [0.4, 0.5) is 0 Å². The smallest absolute Gasteiger partial charge is 0.288 e. The van der Waals surface area contributed by atoms with E-state index < -0.39 is 67.8 Å². The van der Waals surface area contributed by atoms with Gasteiger partial charge < -0.3 is 50.6 Å². The van der Waals surface area contributed by atoms with E-state index in [0.29, 0.717) is 0 Å². The average Bonchev–Trinajstić information content (AvgIpc) is 3.26. The fourth-order valence-corrected chi connectivity index (χ4v) is 2.99. The van der Waals surface area contributed by atoms with E-state index in [1.54, 1.807) is 0 Å². The van der Waals surface area contributed by atoms with Crippen LogP contribution in [0, 0.1) is 0 Å². The highest BCUT2D eigenvalue weighted by atomic mass is 16.7. The van der Waals surface area contributed by atoms with Gasteiger partial charge in [0, 0.05) is 0 Å². The molecule has 28 heavy (non-hydrogen) atoms. The van der Waals surface area contributed by atoms with Gasteiger partial charge in [0.25, 0.3) is 5.91 Å². The van der Waals surface area contributed by atoms with Gasteiger partial charge in [0.15, 0.2) is 12.5 Å². The van der Waals surface area contributed by atoms with Crippen LogP contribution in [-0.2, 0) is 14.2 Å². The Hall–Kier alpha value is -1.75. The van der Waals surface area contributed by atoms with Crippen LogP contribution in [0.3, 0.4) is 0 Å². The van der Waals surface area contributed by atoms with E-state index in [1.807, 2.05) is 0 Å². The molecule has 2 aliphatic rings. The highest BCUT2D eigenvalue weighted by molar-refractivity contribution is 5.88. The van der Waals surface area contributed by atoms with Gasteiger partial charge in [0.1, 0.15) is 49.1 Å². The van der Waals surface area contributed by atoms with Gasteiger partial charge in [-0.05, 0) is 0 Å². The molecular weight excluding hydrogens is 384 g/mol. The van der Waals surface area contributed by atoms with E-state index in [-0.39, 0.29) is 12.4 Å². The third-order valence-electron chi connectivity index (χ3n) is 4.60. The molecule has 0 unspecified atom stereocenters. The van der Waals surface area contributed by atoms with Crippen molar-refractivity contribution in [3.63, 3.8) is 0 Å². The molecule has 0 aromatic carbocycles. The molecule has 158 valence electrons. The molecule has 2 aliphatic heterocycles. The average molecular weight is 406 g/mol. The summed E-state index contributed by atoms with van der Waals surface area (Å²) in [7, 11) is 0. The van der Waals surface area contributed by atoms with E-state index >= 15 is 0 Å². The topological polar surface area (TPSA) is 223 Å². The van der Waals surface area contributed by atoms with Crippen molar-refractivity contribution in [1.82, 2.24) is 14.8 Å². The van der Waals surface area contributed by atoms with Crippen LogP contribution in [0.5, 0.6) is 0 Å². The number of aliphatic hydroxyl groups is 6. The van der Waals surface area contributed by atoms with Crippen LogP contribution in [-0.4, -0.2) is 114 Å². The first-order chi connectivity index (χ1) is 13.2. The number of nitrogens with two attached hydrogens (primary N) is 1. The minimum atomic E-state index is -1.62. The number of hydrogen-bond acceptors (Lipinski definition) is 12. The van der Waals surface area contributed by atoms with E-state index in [9.17, 15) is 30.3 Å². The van der Waals surface area contributed by atoms with Crippen molar-refractivity contribution in [1.29, 1.82) is 0 Å². The summed E-state index contributed by atoms with van der Waals surface area (Å²) in [6.07, 6.45) is -11.4. The van der Waals surface area contributed by atoms with Crippen molar-refractivity contribution >= 4 is 5.91 Å². The molecule has 14 nitrogen and oxygen atoms in total. The van der Waals surface area contributed by atoms with E-state index in [4.69, 9.17) is 25.1 Å². The molecule has 1 amide bonds. The Labute approximate surface area is 157 Å². The van der Waals surface area contributed by atoms with Gasteiger partial charge in [-0.2, -0.15) is 0 Å². The molecule has 0 saturated carbocycles. The van der Waals surface area contributed by atoms with Gasteiger partial charge in [-0.15, -0.1) is 5.10 Å². The second-order valence-electron chi connectivity index (χ2n) is 6.49. The highest BCUT2D eigenvalue weighted by Crippen LogP contribution is 2.30. The molecule has 0 aliphatic carbocycles. The van der Waals surface area contributed by atoms with Crippen LogP contribution in [0.15, 0.2) is 6.33 Å². The quantitative estimate of drug-likeness (QED) is 0.235. The summed E-state index contributed by atoms with van der Waals surface area (Å²) in [6.45, 7) is -1.00. The number of carbonyl (C=O) groups is 1. The number of ether oxygens (including phenoxy) is 3. The molecule has 0 spiro atoms. The lowest BCUT2D eigenvalue weighted by Crippen LogP contribution is -2.59. The number of nitrogens with zero attached hydrogens (tertiary/aromatic N) is 3. The Balaban J connectivity index is 1.62. The predicted octanol–water partition coefficient (Wildman–Crippen LogP) is -5.19. The third kappa shape index (κ3) is 3.86. The molecule has 3 rings (SSSR count). The van der Waals surface area contributed by atoms with Crippen molar-refractivity contribution in [3.05, 3.63) is 12.2 Å². The van der Waals surface area contributed by atoms with Crippen LogP contribution in [0.2, 0.25) is 0 Å². The number of primary amides is 1. The number of carbonyl (C=O) groups excluding carboxylic acids is 1. The molecule has 0 radical (unpaired) electrons. The Morgan fingerprint density at radius 3 is 2.36 bits per heavy atom. The van der Waals surface area contributed by atoms with Gasteiger partial charge in [-0.25, -0.2) is 9.67 Å². The largest absolute Gasteiger partial charge is 0.394 e. The maximum Gasteiger partial charge on any atom is 0.288 e. The number of amides is 1. The monoisotopic (exact) mass is 406 g/mol. The van der Waals surface area contributed by atoms with E-state index in [2.05, 4.69) is 10.1 Å². The van der Waals surface area contributed by atoms with Crippen LogP contribution in [0.1, 0.15) is 16.8 Å². The van der Waals surface area contributed by atoms with Crippen LogP contribution < -0.4 is 5.73 Å². The summed E-state index contributed by atoms with van der Waals surface area (Å²) in [5, 5.41) is 62.6. The predicted molar refractivity (Wildman–Crippen MR) is 84.2 cm³/mol. The molecule has 8 N–H and O–H groups in total. The molecular formula is C14H22N4O10. The Morgan fingerprint density at radius 2 is 1.75 bits per heavy atom. The zero-order valence-corrected chi connectivity index (χ0v) is 14.4. The zero-order chi connectivity index (χ0) is 20.6. The first kappa shape index (κ1) is 21.0. The van der Waals surface area contributed by atoms with Crippen LogP contribution >= 0.6 is 0 Å². The van der Waals surface area contributed by atoms with Gasteiger partial charge in [-0.3, -0.25) is 4.79 Å². The SMILES string of the molecule is NC(=O)c1ncn([C@@H]2O[C@H](CO[C@@H]3O[C@H](CO)[C@H](O)[C@H](O)[C@H]3O)[C@@H](O)[C@H]2O)n1. The fraction of sp³-hybridized carbons (Fsp3) is 0.786. The minimum Gasteiger partial charge on any atom is -0.394 e. The van der Waals surface area contributed by atoms with Crippen molar-refractivity contribution in [2.45, 2.75) is 55.2 Å². The van der Waals surface area contributed by atoms with Crippen molar-refractivity contribution in [2.24, 2.45) is 5.73 Å². The van der Waals surface area contributed by atoms with Gasteiger partial charge in [0.05, 0.1) is 13.2 Å². The van der Waals surface area contributed by atoms with Crippen molar-refractivity contribution in [2.75, 3.05) is 13.2 Å². The maximum absolute atomic E-state index is 11.1. The summed E-state index contributed by atoms with van der Waals surface area (Å²) in [4.78, 5) is 14.7. The summed E-state index contributed by atoms with van der Waals surface area (Å²) >= 11 is 0. The summed E-state index contributed by atoms with van der Waals surface area (Å²) < 4.78 is 17.0. The molecule has 1 aromatic rings. The lowest BCUT2D eigenvalue weighted by molar-refractivity contribution is -0.306. The fourth-order valence-electron chi connectivity index (χ4n) is 2.99. The maximum atomic E-state index is 11.1. The Kier molecular flexibility index (Phi) is 6.23. The lowest BCUT2D eigenvalue weighted by Gasteiger charge is -2.39. The first-order valence-corrected chi connectivity index (χ1v) is 8.39. The van der Waals surface area contributed by atoms with E-state index in [1.165, 1.54) is 0 Å². The molecule has 2 saturated heterocycles. The van der Waals surface area contributed by atoms with Crippen molar-refractivity contribution in [3.8, 4) is 0 Å². The Bertz CT molecular complexity index is 687. The van der Waals surface area contributed by atoms with Gasteiger partial charge in [-0.1, -0.05) is 0 Å². The second-order valence-corrected chi connectivity index (χ2v) is 6.49. The number of aromatic nitrogens is 3. The summed E-state index contributed by atoms with van der Waals surface area (Å²) in [5.41, 5.74) is 5.06. The van der Waals surface area contributed by atoms with E-state index in [0.717, 1.165) is 11.0 Å². The zero-order valence-electron chi connectivity index (χ0n) is 14.4. The highest BCUT2D eigenvalue weighted by Gasteiger charge is 2.47. The molecule has 3 heterocycles. The first-order valence-electron chi connectivity index (χ1n) is 8.39. The molecule has 2 fully saturated rings. The molecule has 14 heteroatoms. The standard InChI is InChI=1S/C14H22N4O10/c15-11(25)12-16-3-18(17-12)13-9(23)7(21)5(27-13)2-26-14-10(24)8(22)6(20)4(1-19)28-14/h3-10,13-14,19-24H,1-2H2,(H2,15,25)/t4-,5-,6+,7-,8+,9-,10-,13-,14-/m1/s1. The minimum absolute atomic E-state index is 0.300. The summed E-state index contributed by atoms with van der Waals surface area (Å²) in [5.74, 6) is -1.18. The normalized spacial score (nSPS) is 41.3. The number of hydrogen-bond donors (Lipinski definition) is 7. The third-order valence-corrected chi connectivity index (χ3v) is 4.60. The van der Waals surface area contributed by atoms with Gasteiger partial charge in [0.2, 0.25) is 5.82 Å². The number of rotatable bonds is 6. The van der Waals surface area contributed by atoms with Crippen molar-refractivity contribution < 1.29 is 49.6 Å². The number of aliphatic hydroxyl groups excluding tert-OH is 6.